The third-order valence-corrected chi connectivity index (χ3v) is 4.88. The number of anilines is 2. The van der Waals surface area contributed by atoms with Crippen LogP contribution in [0.25, 0.3) is 10.9 Å². The van der Waals surface area contributed by atoms with Gasteiger partial charge in [-0.15, -0.1) is 0 Å². The van der Waals surface area contributed by atoms with Gasteiger partial charge in [-0.05, 0) is 36.4 Å². The van der Waals surface area contributed by atoms with E-state index in [9.17, 15) is 13.2 Å². The number of nitrogens with two attached hydrogens (primary N) is 1. The quantitative estimate of drug-likeness (QED) is 0.607. The Morgan fingerprint density at radius 2 is 1.85 bits per heavy atom. The molecule has 1 amide bonds. The van der Waals surface area contributed by atoms with E-state index in [2.05, 4.69) is 20.8 Å². The van der Waals surface area contributed by atoms with Crippen molar-refractivity contribution in [2.45, 2.75) is 4.90 Å². The van der Waals surface area contributed by atoms with E-state index in [1.165, 1.54) is 24.3 Å². The third-order valence-electron chi connectivity index (χ3n) is 3.95. The molecule has 8 nitrogen and oxygen atoms in total. The van der Waals surface area contributed by atoms with Gasteiger partial charge in [0.2, 0.25) is 10.0 Å². The van der Waals surface area contributed by atoms with Crippen molar-refractivity contribution in [1.82, 2.24) is 4.98 Å². The van der Waals surface area contributed by atoms with Gasteiger partial charge in [0.1, 0.15) is 0 Å². The van der Waals surface area contributed by atoms with Crippen LogP contribution in [0.15, 0.2) is 64.7 Å². The summed E-state index contributed by atoms with van der Waals surface area (Å²) in [5.74, 6) is -0.341. The monoisotopic (exact) mass is 367 g/mol. The second-order valence-corrected chi connectivity index (χ2v) is 7.22. The molecule has 0 bridgehead atoms. The first-order chi connectivity index (χ1) is 12.4. The summed E-state index contributed by atoms with van der Waals surface area (Å²) >= 11 is 0. The minimum atomic E-state index is -3.76. The van der Waals surface area contributed by atoms with Crippen LogP contribution in [-0.4, -0.2) is 25.0 Å². The molecule has 1 aliphatic rings. The van der Waals surface area contributed by atoms with E-state index in [1.54, 1.807) is 12.3 Å². The third kappa shape index (κ3) is 2.79. The number of carbonyl (C=O) groups is 1. The molecular weight excluding hydrogens is 354 g/mol. The smallest absolute Gasteiger partial charge is 0.276 e. The molecule has 4 rings (SSSR count). The largest absolute Gasteiger partial charge is 0.320 e. The van der Waals surface area contributed by atoms with Crippen molar-refractivity contribution >= 4 is 43.9 Å². The summed E-state index contributed by atoms with van der Waals surface area (Å²) in [6, 6.07) is 13.2. The lowest BCUT2D eigenvalue weighted by molar-refractivity contribution is -0.110. The molecule has 0 spiro atoms. The number of sulfonamides is 1. The second kappa shape index (κ2) is 5.90. The molecule has 1 aliphatic heterocycles. The van der Waals surface area contributed by atoms with Gasteiger partial charge in [-0.2, -0.15) is 5.10 Å². The van der Waals surface area contributed by atoms with Crippen molar-refractivity contribution < 1.29 is 13.2 Å². The zero-order valence-corrected chi connectivity index (χ0v) is 14.1. The summed E-state index contributed by atoms with van der Waals surface area (Å²) in [7, 11) is -3.76. The SMILES string of the molecule is NS(=O)(=O)c1ccc(N/N=C2\C(=O)Nc3ccc4cccnc4c32)cc1. The van der Waals surface area contributed by atoms with E-state index in [-0.39, 0.29) is 16.5 Å². The van der Waals surface area contributed by atoms with Crippen LogP contribution in [0, 0.1) is 0 Å². The highest BCUT2D eigenvalue weighted by atomic mass is 32.2. The molecule has 0 fully saturated rings. The number of benzene rings is 2. The van der Waals surface area contributed by atoms with Crippen molar-refractivity contribution in [1.29, 1.82) is 0 Å². The Labute approximate surface area is 148 Å². The van der Waals surface area contributed by atoms with Crippen LogP contribution in [0.5, 0.6) is 0 Å². The first-order valence-corrected chi connectivity index (χ1v) is 9.14. The van der Waals surface area contributed by atoms with Gasteiger partial charge in [-0.1, -0.05) is 12.1 Å². The van der Waals surface area contributed by atoms with E-state index in [1.807, 2.05) is 18.2 Å². The van der Waals surface area contributed by atoms with Crippen LogP contribution in [-0.2, 0) is 14.8 Å². The summed E-state index contributed by atoms with van der Waals surface area (Å²) < 4.78 is 22.6. The van der Waals surface area contributed by atoms with Gasteiger partial charge >= 0.3 is 0 Å². The lowest BCUT2D eigenvalue weighted by Crippen LogP contribution is -2.16. The van der Waals surface area contributed by atoms with Crippen LogP contribution < -0.4 is 15.9 Å². The summed E-state index contributed by atoms with van der Waals surface area (Å²) in [4.78, 5) is 16.6. The number of rotatable bonds is 3. The van der Waals surface area contributed by atoms with E-state index < -0.39 is 10.0 Å². The van der Waals surface area contributed by atoms with Crippen molar-refractivity contribution in [2.75, 3.05) is 10.7 Å². The average Bonchev–Trinajstić information content (AvgIpc) is 2.95. The first kappa shape index (κ1) is 16.2. The molecule has 26 heavy (non-hydrogen) atoms. The van der Waals surface area contributed by atoms with Crippen molar-refractivity contribution in [3.63, 3.8) is 0 Å². The van der Waals surface area contributed by atoms with Crippen LogP contribution in [0.3, 0.4) is 0 Å². The molecule has 2 aromatic carbocycles. The van der Waals surface area contributed by atoms with E-state index in [0.29, 0.717) is 22.5 Å². The van der Waals surface area contributed by atoms with Gasteiger partial charge < -0.3 is 5.32 Å². The maximum Gasteiger partial charge on any atom is 0.276 e. The summed E-state index contributed by atoms with van der Waals surface area (Å²) in [6.45, 7) is 0. The highest BCUT2D eigenvalue weighted by molar-refractivity contribution is 7.89. The van der Waals surface area contributed by atoms with E-state index >= 15 is 0 Å². The van der Waals surface area contributed by atoms with E-state index in [4.69, 9.17) is 5.14 Å². The normalized spacial score (nSPS) is 15.1. The van der Waals surface area contributed by atoms with Gasteiger partial charge in [0.15, 0.2) is 5.71 Å². The molecule has 0 radical (unpaired) electrons. The molecule has 0 unspecified atom stereocenters. The van der Waals surface area contributed by atoms with Crippen molar-refractivity contribution in [2.24, 2.45) is 10.2 Å². The highest BCUT2D eigenvalue weighted by Crippen LogP contribution is 2.30. The highest BCUT2D eigenvalue weighted by Gasteiger charge is 2.28. The Hall–Kier alpha value is -3.30. The average molecular weight is 367 g/mol. The lowest BCUT2D eigenvalue weighted by Gasteiger charge is -2.05. The molecule has 9 heteroatoms. The Bertz CT molecular complexity index is 1170. The van der Waals surface area contributed by atoms with Gasteiger partial charge in [0.05, 0.1) is 27.4 Å². The molecule has 0 saturated carbocycles. The standard InChI is InChI=1S/C17H13N5O3S/c18-26(24,25)12-6-4-11(5-7-12)21-22-16-14-13(20-17(16)23)8-3-10-2-1-9-19-15(10)14/h1-9,21H,(H2,18,24,25)(H,20,22,23). The maximum absolute atomic E-state index is 12.3. The molecular formula is C17H13N5O3S. The van der Waals surface area contributed by atoms with Crippen LogP contribution in [0.2, 0.25) is 0 Å². The molecule has 4 N–H and O–H groups in total. The number of amides is 1. The number of pyridine rings is 1. The first-order valence-electron chi connectivity index (χ1n) is 7.59. The number of aromatic nitrogens is 1. The van der Waals surface area contributed by atoms with Crippen LogP contribution >= 0.6 is 0 Å². The van der Waals surface area contributed by atoms with Gasteiger partial charge in [-0.3, -0.25) is 15.2 Å². The van der Waals surface area contributed by atoms with Crippen molar-refractivity contribution in [3.05, 3.63) is 60.3 Å². The fraction of sp³-hybridized carbons (Fsp3) is 0. The minimum absolute atomic E-state index is 0.00477. The van der Waals surface area contributed by atoms with E-state index in [0.717, 1.165) is 5.39 Å². The molecule has 2 heterocycles. The topological polar surface area (TPSA) is 127 Å². The van der Waals surface area contributed by atoms with Gasteiger partial charge in [0, 0.05) is 11.6 Å². The number of carbonyl (C=O) groups excluding carboxylic acids is 1. The van der Waals surface area contributed by atoms with Crippen molar-refractivity contribution in [3.8, 4) is 0 Å². The molecule has 130 valence electrons. The lowest BCUT2D eigenvalue weighted by atomic mass is 10.1. The number of fused-ring (bicyclic) bond motifs is 3. The molecule has 0 saturated heterocycles. The zero-order valence-electron chi connectivity index (χ0n) is 13.3. The number of nitrogens with one attached hydrogen (secondary N) is 2. The molecule has 1 aromatic heterocycles. The van der Waals surface area contributed by atoms with Crippen LogP contribution in [0.1, 0.15) is 5.56 Å². The Morgan fingerprint density at radius 1 is 1.08 bits per heavy atom. The zero-order chi connectivity index (χ0) is 18.3. The predicted molar refractivity (Wildman–Crippen MR) is 98.3 cm³/mol. The number of nitrogens with zero attached hydrogens (tertiary/aromatic N) is 2. The number of hydrogen-bond donors (Lipinski definition) is 3. The summed E-state index contributed by atoms with van der Waals surface area (Å²) in [5.41, 5.74) is 5.43. The van der Waals surface area contributed by atoms with Crippen LogP contribution in [0.4, 0.5) is 11.4 Å². The maximum atomic E-state index is 12.3. The summed E-state index contributed by atoms with van der Waals surface area (Å²) in [6.07, 6.45) is 1.66. The summed E-state index contributed by atoms with van der Waals surface area (Å²) in [5, 5.41) is 12.9. The fourth-order valence-electron chi connectivity index (χ4n) is 2.73. The van der Waals surface area contributed by atoms with Gasteiger partial charge in [-0.25, -0.2) is 13.6 Å². The Kier molecular flexibility index (Phi) is 3.67. The number of primary sulfonamides is 1. The minimum Gasteiger partial charge on any atom is -0.320 e. The second-order valence-electron chi connectivity index (χ2n) is 5.66. The molecule has 0 atom stereocenters. The Morgan fingerprint density at radius 3 is 2.58 bits per heavy atom. The van der Waals surface area contributed by atoms with Gasteiger partial charge in [0.25, 0.3) is 5.91 Å². The number of hydrogen-bond acceptors (Lipinski definition) is 6. The molecule has 3 aromatic rings. The number of hydrazone groups is 1. The predicted octanol–water partition coefficient (Wildman–Crippen LogP) is 1.65. The fourth-order valence-corrected chi connectivity index (χ4v) is 3.25. The molecule has 0 aliphatic carbocycles. The Balaban J connectivity index is 1.71.